The zero-order chi connectivity index (χ0) is 15.0. The maximum absolute atomic E-state index is 12.2. The van der Waals surface area contributed by atoms with Crippen LogP contribution in [0.15, 0.2) is 24.3 Å². The van der Waals surface area contributed by atoms with E-state index in [9.17, 15) is 9.59 Å². The van der Waals surface area contributed by atoms with Gasteiger partial charge in [0.15, 0.2) is 0 Å². The van der Waals surface area contributed by atoms with Crippen molar-refractivity contribution in [2.45, 2.75) is 13.3 Å². The fourth-order valence-corrected chi connectivity index (χ4v) is 1.64. The van der Waals surface area contributed by atoms with E-state index in [1.165, 1.54) is 4.90 Å². The highest BCUT2D eigenvalue weighted by Crippen LogP contribution is 2.14. The van der Waals surface area contributed by atoms with E-state index in [1.54, 1.807) is 24.3 Å². The van der Waals surface area contributed by atoms with Crippen molar-refractivity contribution < 1.29 is 19.4 Å². The summed E-state index contributed by atoms with van der Waals surface area (Å²) in [4.78, 5) is 24.2. The number of aliphatic carboxylic acids is 1. The standard InChI is InChI=1S/C15H17NO4/c1-3-11-20-13-7-5-12(6-8-13)15(19)16(4-2)10-9-14(17)18/h1,5-8H,4,9-11H2,2H3,(H,17,18). The highest BCUT2D eigenvalue weighted by atomic mass is 16.5. The van der Waals surface area contributed by atoms with Crippen molar-refractivity contribution in [3.63, 3.8) is 0 Å². The summed E-state index contributed by atoms with van der Waals surface area (Å²) >= 11 is 0. The fraction of sp³-hybridized carbons (Fsp3) is 0.333. The minimum absolute atomic E-state index is 0.0665. The largest absolute Gasteiger partial charge is 0.481 e. The van der Waals surface area contributed by atoms with Crippen LogP contribution in [0.25, 0.3) is 0 Å². The lowest BCUT2D eigenvalue weighted by Crippen LogP contribution is -2.32. The molecule has 0 atom stereocenters. The summed E-state index contributed by atoms with van der Waals surface area (Å²) in [6.07, 6.45) is 5.02. The van der Waals surface area contributed by atoms with Gasteiger partial charge in [0.05, 0.1) is 6.42 Å². The van der Waals surface area contributed by atoms with E-state index in [-0.39, 0.29) is 25.5 Å². The van der Waals surface area contributed by atoms with Crippen molar-refractivity contribution in [1.29, 1.82) is 0 Å². The fourth-order valence-electron chi connectivity index (χ4n) is 1.64. The molecule has 0 unspecified atom stereocenters. The molecule has 0 aromatic heterocycles. The van der Waals surface area contributed by atoms with Gasteiger partial charge in [-0.3, -0.25) is 9.59 Å². The second kappa shape index (κ2) is 7.85. The van der Waals surface area contributed by atoms with Crippen LogP contribution in [0.4, 0.5) is 0 Å². The quantitative estimate of drug-likeness (QED) is 0.768. The molecule has 1 rings (SSSR count). The third-order valence-electron chi connectivity index (χ3n) is 2.69. The van der Waals surface area contributed by atoms with Crippen LogP contribution in [0.2, 0.25) is 0 Å². The molecule has 20 heavy (non-hydrogen) atoms. The van der Waals surface area contributed by atoms with Gasteiger partial charge in [0.25, 0.3) is 5.91 Å². The molecule has 0 saturated carbocycles. The van der Waals surface area contributed by atoms with Crippen molar-refractivity contribution in [3.05, 3.63) is 29.8 Å². The molecule has 0 aliphatic rings. The Morgan fingerprint density at radius 3 is 2.50 bits per heavy atom. The van der Waals surface area contributed by atoms with E-state index in [4.69, 9.17) is 16.3 Å². The lowest BCUT2D eigenvalue weighted by atomic mass is 10.2. The molecule has 0 aliphatic carbocycles. The topological polar surface area (TPSA) is 66.8 Å². The van der Waals surface area contributed by atoms with Crippen LogP contribution < -0.4 is 4.74 Å². The zero-order valence-electron chi connectivity index (χ0n) is 11.3. The maximum Gasteiger partial charge on any atom is 0.305 e. The van der Waals surface area contributed by atoms with Crippen molar-refractivity contribution in [2.75, 3.05) is 19.7 Å². The second-order valence-corrected chi connectivity index (χ2v) is 4.05. The van der Waals surface area contributed by atoms with Crippen LogP contribution in [0.1, 0.15) is 23.7 Å². The second-order valence-electron chi connectivity index (χ2n) is 4.05. The average molecular weight is 275 g/mol. The Kier molecular flexibility index (Phi) is 6.11. The van der Waals surface area contributed by atoms with Crippen molar-refractivity contribution in [2.24, 2.45) is 0 Å². The number of carboxylic acid groups (broad SMARTS) is 1. The summed E-state index contributed by atoms with van der Waals surface area (Å²) in [6.45, 7) is 2.64. The Morgan fingerprint density at radius 1 is 1.35 bits per heavy atom. The van der Waals surface area contributed by atoms with E-state index in [1.807, 2.05) is 6.92 Å². The average Bonchev–Trinajstić information content (AvgIpc) is 2.45. The SMILES string of the molecule is C#CCOc1ccc(C(=O)N(CC)CCC(=O)O)cc1. The van der Waals surface area contributed by atoms with Gasteiger partial charge >= 0.3 is 5.97 Å². The number of hydrogen-bond acceptors (Lipinski definition) is 3. The van der Waals surface area contributed by atoms with E-state index in [0.29, 0.717) is 17.9 Å². The minimum atomic E-state index is -0.922. The number of nitrogens with zero attached hydrogens (tertiary/aromatic N) is 1. The van der Waals surface area contributed by atoms with E-state index in [2.05, 4.69) is 5.92 Å². The van der Waals surface area contributed by atoms with Crippen LogP contribution in [-0.4, -0.2) is 41.6 Å². The molecule has 1 amide bonds. The molecule has 1 N–H and O–H groups in total. The van der Waals surface area contributed by atoms with Gasteiger partial charge in [0.2, 0.25) is 0 Å². The summed E-state index contributed by atoms with van der Waals surface area (Å²) in [5, 5.41) is 8.66. The van der Waals surface area contributed by atoms with Gasteiger partial charge in [0, 0.05) is 18.7 Å². The number of ether oxygens (including phenoxy) is 1. The Bertz CT molecular complexity index is 502. The van der Waals surface area contributed by atoms with E-state index >= 15 is 0 Å². The first-order valence-electron chi connectivity index (χ1n) is 6.25. The molecule has 1 aromatic carbocycles. The molecule has 0 bridgehead atoms. The van der Waals surface area contributed by atoms with Crippen LogP contribution in [0.5, 0.6) is 5.75 Å². The maximum atomic E-state index is 12.2. The number of carbonyl (C=O) groups excluding carboxylic acids is 1. The number of carboxylic acids is 1. The van der Waals surface area contributed by atoms with Gasteiger partial charge in [0.1, 0.15) is 12.4 Å². The number of hydrogen-bond donors (Lipinski definition) is 1. The molecular formula is C15H17NO4. The van der Waals surface area contributed by atoms with Crippen molar-refractivity contribution in [3.8, 4) is 18.1 Å². The van der Waals surface area contributed by atoms with Crippen LogP contribution in [0.3, 0.4) is 0 Å². The zero-order valence-corrected chi connectivity index (χ0v) is 11.3. The molecule has 0 fully saturated rings. The van der Waals surface area contributed by atoms with Crippen LogP contribution >= 0.6 is 0 Å². The number of amides is 1. The highest BCUT2D eigenvalue weighted by Gasteiger charge is 2.15. The first-order valence-corrected chi connectivity index (χ1v) is 6.25. The molecule has 106 valence electrons. The van der Waals surface area contributed by atoms with Crippen LogP contribution in [0, 0.1) is 12.3 Å². The Balaban J connectivity index is 2.69. The predicted octanol–water partition coefficient (Wildman–Crippen LogP) is 1.64. The number of rotatable bonds is 7. The number of benzene rings is 1. The monoisotopic (exact) mass is 275 g/mol. The molecular weight excluding hydrogens is 258 g/mol. The van der Waals surface area contributed by atoms with Crippen molar-refractivity contribution >= 4 is 11.9 Å². The summed E-state index contributed by atoms with van der Waals surface area (Å²) in [5.74, 6) is 1.83. The third-order valence-corrected chi connectivity index (χ3v) is 2.69. The molecule has 5 heteroatoms. The first-order chi connectivity index (χ1) is 9.58. The Labute approximate surface area is 118 Å². The minimum Gasteiger partial charge on any atom is -0.481 e. The molecule has 0 spiro atoms. The number of carbonyl (C=O) groups is 2. The molecule has 1 aromatic rings. The van der Waals surface area contributed by atoms with E-state index in [0.717, 1.165) is 0 Å². The summed E-state index contributed by atoms with van der Waals surface area (Å²) < 4.78 is 5.22. The number of terminal acetylenes is 1. The predicted molar refractivity (Wildman–Crippen MR) is 74.6 cm³/mol. The molecule has 0 radical (unpaired) electrons. The Hall–Kier alpha value is -2.48. The van der Waals surface area contributed by atoms with Gasteiger partial charge in [-0.25, -0.2) is 0 Å². The molecule has 0 heterocycles. The van der Waals surface area contributed by atoms with Gasteiger partial charge < -0.3 is 14.7 Å². The first kappa shape index (κ1) is 15.6. The van der Waals surface area contributed by atoms with Gasteiger partial charge in [-0.05, 0) is 31.2 Å². The third kappa shape index (κ3) is 4.65. The van der Waals surface area contributed by atoms with Crippen LogP contribution in [-0.2, 0) is 4.79 Å². The summed E-state index contributed by atoms with van der Waals surface area (Å²) in [7, 11) is 0. The molecule has 0 aliphatic heterocycles. The van der Waals surface area contributed by atoms with Gasteiger partial charge in [-0.1, -0.05) is 5.92 Å². The van der Waals surface area contributed by atoms with Crippen molar-refractivity contribution in [1.82, 2.24) is 4.90 Å². The van der Waals surface area contributed by atoms with E-state index < -0.39 is 5.97 Å². The normalized spacial score (nSPS) is 9.60. The summed E-state index contributed by atoms with van der Waals surface area (Å²) in [6, 6.07) is 6.60. The lowest BCUT2D eigenvalue weighted by molar-refractivity contribution is -0.137. The smallest absolute Gasteiger partial charge is 0.305 e. The Morgan fingerprint density at radius 2 is 2.00 bits per heavy atom. The summed E-state index contributed by atoms with van der Waals surface area (Å²) in [5.41, 5.74) is 0.491. The highest BCUT2D eigenvalue weighted by molar-refractivity contribution is 5.94. The van der Waals surface area contributed by atoms with Gasteiger partial charge in [-0.2, -0.15) is 0 Å². The molecule has 5 nitrogen and oxygen atoms in total. The lowest BCUT2D eigenvalue weighted by Gasteiger charge is -2.20. The van der Waals surface area contributed by atoms with Gasteiger partial charge in [-0.15, -0.1) is 6.42 Å². The molecule has 0 saturated heterocycles.